The number of rotatable bonds is 5. The van der Waals surface area contributed by atoms with Crippen molar-refractivity contribution in [2.45, 2.75) is 37.6 Å². The number of esters is 1. The standard InChI is InChI=1S/C37H30O17/c38-13-5-19(40)15-1-2-25(52-26(15)7-13)17-9-23(44)32(47)34(49)29(17)30-18(10-24(45)33(48)35(30)50)36-28(11-16-20(41)6-14(39)8-27(16)53-36)54-37(51)12-3-21(42)31(46)22(43)4-12/h3-10,25,28,36,38-50H,1-2,11H2/t25-,28+,36+/m0/s1. The molecule has 5 aromatic rings. The van der Waals surface area contributed by atoms with Gasteiger partial charge >= 0.3 is 5.97 Å². The molecule has 13 N–H and O–H groups in total. The van der Waals surface area contributed by atoms with Gasteiger partial charge in [0.1, 0.15) is 46.7 Å². The van der Waals surface area contributed by atoms with E-state index in [-0.39, 0.29) is 52.5 Å². The van der Waals surface area contributed by atoms with Gasteiger partial charge in [0.25, 0.3) is 0 Å². The van der Waals surface area contributed by atoms with Crippen LogP contribution in [0.1, 0.15) is 51.2 Å². The van der Waals surface area contributed by atoms with Gasteiger partial charge < -0.3 is 80.6 Å². The zero-order chi connectivity index (χ0) is 38.9. The first-order valence-electron chi connectivity index (χ1n) is 16.0. The summed E-state index contributed by atoms with van der Waals surface area (Å²) >= 11 is 0. The number of aromatic hydroxyl groups is 13. The molecule has 0 unspecified atom stereocenters. The van der Waals surface area contributed by atoms with E-state index in [4.69, 9.17) is 14.2 Å². The average molecular weight is 747 g/mol. The minimum absolute atomic E-state index is 0.0126. The number of fused-ring (bicyclic) bond motifs is 2. The fourth-order valence-electron chi connectivity index (χ4n) is 6.75. The molecule has 5 aromatic carbocycles. The van der Waals surface area contributed by atoms with Crippen LogP contribution in [0.4, 0.5) is 0 Å². The number of phenolic OH excluding ortho intramolecular Hbond substituents is 13. The van der Waals surface area contributed by atoms with Crippen molar-refractivity contribution in [2.75, 3.05) is 0 Å². The maximum Gasteiger partial charge on any atom is 0.338 e. The summed E-state index contributed by atoms with van der Waals surface area (Å²) in [4.78, 5) is 13.5. The summed E-state index contributed by atoms with van der Waals surface area (Å²) in [6.07, 6.45) is -4.63. The van der Waals surface area contributed by atoms with E-state index < -0.39 is 111 Å². The highest BCUT2D eigenvalue weighted by molar-refractivity contribution is 5.92. The summed E-state index contributed by atoms with van der Waals surface area (Å²) in [6, 6.07) is 7.83. The largest absolute Gasteiger partial charge is 0.508 e. The van der Waals surface area contributed by atoms with Crippen LogP contribution in [0, 0.1) is 0 Å². The van der Waals surface area contributed by atoms with Crippen LogP contribution in [0.3, 0.4) is 0 Å². The smallest absolute Gasteiger partial charge is 0.338 e. The third kappa shape index (κ3) is 5.72. The normalized spacial score (nSPS) is 17.4. The molecule has 0 aliphatic carbocycles. The number of benzene rings is 5. The highest BCUT2D eigenvalue weighted by Gasteiger charge is 2.41. The van der Waals surface area contributed by atoms with E-state index in [0.717, 1.165) is 42.5 Å². The molecule has 0 spiro atoms. The Hall–Kier alpha value is -7.43. The molecule has 3 atom stereocenters. The Labute approximate surface area is 302 Å². The zero-order valence-corrected chi connectivity index (χ0v) is 27.4. The number of hydrogen-bond acceptors (Lipinski definition) is 17. The Morgan fingerprint density at radius 3 is 1.63 bits per heavy atom. The van der Waals surface area contributed by atoms with Gasteiger partial charge in [-0.3, -0.25) is 0 Å². The van der Waals surface area contributed by atoms with Crippen molar-refractivity contribution in [3.63, 3.8) is 0 Å². The van der Waals surface area contributed by atoms with Gasteiger partial charge in [-0.15, -0.1) is 0 Å². The SMILES string of the molecule is O=C(O[C@@H]1Cc2c(O)cc(O)cc2O[C@@H]1c1cc(O)c(O)c(O)c1-c1c([C@@H]2CCc3c(O)cc(O)cc3O2)cc(O)c(O)c1O)c1cc(O)c(O)c(O)c1. The van der Waals surface area contributed by atoms with E-state index in [1.165, 1.54) is 6.07 Å². The highest BCUT2D eigenvalue weighted by Crippen LogP contribution is 2.57. The second-order valence-corrected chi connectivity index (χ2v) is 12.7. The molecule has 0 saturated heterocycles. The van der Waals surface area contributed by atoms with E-state index in [1.54, 1.807) is 0 Å². The first-order chi connectivity index (χ1) is 25.5. The van der Waals surface area contributed by atoms with Crippen molar-refractivity contribution in [1.82, 2.24) is 0 Å². The Balaban J connectivity index is 1.43. The highest BCUT2D eigenvalue weighted by atomic mass is 16.6. The zero-order valence-electron chi connectivity index (χ0n) is 27.4. The van der Waals surface area contributed by atoms with Gasteiger partial charge in [-0.1, -0.05) is 0 Å². The summed E-state index contributed by atoms with van der Waals surface area (Å²) in [5.74, 6) is -11.8. The topological polar surface area (TPSA) is 308 Å². The maximum absolute atomic E-state index is 13.5. The lowest BCUT2D eigenvalue weighted by Crippen LogP contribution is -2.35. The van der Waals surface area contributed by atoms with Crippen LogP contribution in [0.25, 0.3) is 11.1 Å². The molecule has 7 rings (SSSR count). The Morgan fingerprint density at radius 1 is 0.537 bits per heavy atom. The fourth-order valence-corrected chi connectivity index (χ4v) is 6.75. The number of phenols is 13. The first kappa shape index (κ1) is 35.0. The van der Waals surface area contributed by atoms with Gasteiger partial charge in [0.2, 0.25) is 11.5 Å². The van der Waals surface area contributed by atoms with E-state index in [2.05, 4.69) is 0 Å². The molecule has 0 saturated carbocycles. The second-order valence-electron chi connectivity index (χ2n) is 12.7. The summed E-state index contributed by atoms with van der Waals surface area (Å²) in [5.41, 5.74) is -1.65. The molecule has 0 fully saturated rings. The Morgan fingerprint density at radius 2 is 1.04 bits per heavy atom. The van der Waals surface area contributed by atoms with Crippen LogP contribution in [0.5, 0.6) is 86.2 Å². The van der Waals surface area contributed by atoms with Crippen LogP contribution in [0.2, 0.25) is 0 Å². The van der Waals surface area contributed by atoms with Crippen molar-refractivity contribution >= 4 is 5.97 Å². The second kappa shape index (κ2) is 12.7. The number of hydrogen-bond donors (Lipinski definition) is 13. The molecule has 2 aliphatic heterocycles. The van der Waals surface area contributed by atoms with Gasteiger partial charge in [-0.2, -0.15) is 0 Å². The summed E-state index contributed by atoms with van der Waals surface area (Å²) in [7, 11) is 0. The molecule has 0 amide bonds. The van der Waals surface area contributed by atoms with Crippen LogP contribution >= 0.6 is 0 Å². The van der Waals surface area contributed by atoms with Crippen LogP contribution in [-0.2, 0) is 17.6 Å². The lowest BCUT2D eigenvalue weighted by molar-refractivity contribution is -0.0187. The molecule has 0 bridgehead atoms. The third-order valence-corrected chi connectivity index (χ3v) is 9.30. The van der Waals surface area contributed by atoms with Gasteiger partial charge in [0.15, 0.2) is 46.4 Å². The average Bonchev–Trinajstić information content (AvgIpc) is 3.11. The van der Waals surface area contributed by atoms with Gasteiger partial charge in [0.05, 0.1) is 5.56 Å². The maximum atomic E-state index is 13.5. The predicted molar refractivity (Wildman–Crippen MR) is 181 cm³/mol. The van der Waals surface area contributed by atoms with Gasteiger partial charge in [0, 0.05) is 64.1 Å². The first-order valence-corrected chi connectivity index (χ1v) is 16.0. The summed E-state index contributed by atoms with van der Waals surface area (Å²) in [5, 5.41) is 137. The van der Waals surface area contributed by atoms with E-state index >= 15 is 0 Å². The van der Waals surface area contributed by atoms with Crippen molar-refractivity contribution < 1.29 is 85.4 Å². The van der Waals surface area contributed by atoms with Crippen molar-refractivity contribution in [3.8, 4) is 97.4 Å². The molecule has 280 valence electrons. The van der Waals surface area contributed by atoms with Crippen molar-refractivity contribution in [2.24, 2.45) is 0 Å². The minimum Gasteiger partial charge on any atom is -0.508 e. The monoisotopic (exact) mass is 746 g/mol. The molecule has 0 aromatic heterocycles. The lowest BCUT2D eigenvalue weighted by Gasteiger charge is -2.35. The fraction of sp³-hybridized carbons (Fsp3) is 0.162. The number of carbonyl (C=O) groups is 1. The molecule has 54 heavy (non-hydrogen) atoms. The molecule has 0 radical (unpaired) electrons. The quantitative estimate of drug-likeness (QED) is 0.0870. The van der Waals surface area contributed by atoms with Crippen LogP contribution in [0.15, 0.2) is 48.5 Å². The van der Waals surface area contributed by atoms with E-state index in [0.29, 0.717) is 5.56 Å². The van der Waals surface area contributed by atoms with Gasteiger partial charge in [-0.25, -0.2) is 4.79 Å². The number of carbonyl (C=O) groups excluding carboxylic acids is 1. The third-order valence-electron chi connectivity index (χ3n) is 9.30. The lowest BCUT2D eigenvalue weighted by atomic mass is 9.84. The van der Waals surface area contributed by atoms with Crippen molar-refractivity contribution in [1.29, 1.82) is 0 Å². The molecule has 17 heteroatoms. The van der Waals surface area contributed by atoms with Crippen LogP contribution < -0.4 is 9.47 Å². The molecule has 2 aliphatic rings. The minimum atomic E-state index is -1.68. The number of ether oxygens (including phenoxy) is 3. The van der Waals surface area contributed by atoms with E-state index in [9.17, 15) is 71.2 Å². The van der Waals surface area contributed by atoms with Gasteiger partial charge in [-0.05, 0) is 37.1 Å². The van der Waals surface area contributed by atoms with Crippen LogP contribution in [-0.4, -0.2) is 78.5 Å². The molecule has 2 heterocycles. The molecular formula is C37H30O17. The van der Waals surface area contributed by atoms with E-state index in [1.807, 2.05) is 0 Å². The predicted octanol–water partition coefficient (Wildman–Crippen LogP) is 4.49. The summed E-state index contributed by atoms with van der Waals surface area (Å²) in [6.45, 7) is 0. The Kier molecular flexibility index (Phi) is 8.20. The Bertz CT molecular complexity index is 2360. The molecule has 17 nitrogen and oxygen atoms in total. The summed E-state index contributed by atoms with van der Waals surface area (Å²) < 4.78 is 17.9. The van der Waals surface area contributed by atoms with Crippen molar-refractivity contribution in [3.05, 3.63) is 76.3 Å². The molecular weight excluding hydrogens is 716 g/mol.